The first-order chi connectivity index (χ1) is 12.3. The normalized spacial score (nSPS) is 19.7. The van der Waals surface area contributed by atoms with Crippen molar-refractivity contribution in [1.29, 1.82) is 0 Å². The molecule has 0 radical (unpaired) electrons. The van der Waals surface area contributed by atoms with E-state index in [1.54, 1.807) is 0 Å². The van der Waals surface area contributed by atoms with Gasteiger partial charge in [0.25, 0.3) is 0 Å². The van der Waals surface area contributed by atoms with Crippen LogP contribution in [0.4, 0.5) is 5.69 Å². The molecule has 0 aromatic heterocycles. The smallest absolute Gasteiger partial charge is 0.239 e. The lowest BCUT2D eigenvalue weighted by atomic mass is 9.86. The summed E-state index contributed by atoms with van der Waals surface area (Å²) in [7, 11) is -8.35. The molecular formula is C14H12Cl2N4O5S2. The molecule has 0 bridgehead atoms. The van der Waals surface area contributed by atoms with Crippen molar-refractivity contribution >= 4 is 54.8 Å². The molecule has 0 spiro atoms. The van der Waals surface area contributed by atoms with Gasteiger partial charge in [0.1, 0.15) is 10.7 Å². The molecule has 9 nitrogen and oxygen atoms in total. The third-order valence-electron chi connectivity index (χ3n) is 4.01. The number of benzene rings is 2. The molecule has 0 fully saturated rings. The molecule has 144 valence electrons. The number of rotatable bonds is 3. The second-order valence-electron chi connectivity index (χ2n) is 5.74. The van der Waals surface area contributed by atoms with Gasteiger partial charge in [-0.05, 0) is 30.3 Å². The van der Waals surface area contributed by atoms with E-state index in [0.717, 1.165) is 18.2 Å². The Morgan fingerprint density at radius 2 is 1.56 bits per heavy atom. The zero-order chi connectivity index (χ0) is 20.4. The van der Waals surface area contributed by atoms with Crippen molar-refractivity contribution < 1.29 is 21.9 Å². The fourth-order valence-corrected chi connectivity index (χ4v) is 4.62. The lowest BCUT2D eigenvalue weighted by Gasteiger charge is -2.26. The largest absolute Gasteiger partial charge is 0.384 e. The van der Waals surface area contributed by atoms with E-state index >= 15 is 0 Å². The highest BCUT2D eigenvalue weighted by atomic mass is 35.5. The molecule has 1 heterocycles. The first-order valence-electron chi connectivity index (χ1n) is 7.03. The summed E-state index contributed by atoms with van der Waals surface area (Å²) in [6.07, 6.45) is 0. The maximum atomic E-state index is 11.8. The lowest BCUT2D eigenvalue weighted by Crippen LogP contribution is -2.40. The standard InChI is InChI=1S/C14H12Cl2N4O5S2/c15-9-2-1-6(26(18,22)23)3-7(9)14(21)8-4-12(27(19,24)25)10(16)5-11(8)20-13(14)17/h1-5,21H,(H2,17,20)(H2,18,22,23)(H2,19,24,25). The van der Waals surface area contributed by atoms with Crippen LogP contribution in [0.3, 0.4) is 0 Å². The number of nitrogens with zero attached hydrogens (tertiary/aromatic N) is 1. The molecule has 2 aromatic rings. The van der Waals surface area contributed by atoms with Crippen LogP contribution in [0.1, 0.15) is 11.1 Å². The van der Waals surface area contributed by atoms with E-state index in [-0.39, 0.29) is 37.6 Å². The molecule has 1 atom stereocenters. The number of aliphatic imine (C=N–C) groups is 1. The fourth-order valence-electron chi connectivity index (χ4n) is 2.73. The Morgan fingerprint density at radius 1 is 0.926 bits per heavy atom. The summed E-state index contributed by atoms with van der Waals surface area (Å²) >= 11 is 12.1. The predicted molar refractivity (Wildman–Crippen MR) is 99.9 cm³/mol. The van der Waals surface area contributed by atoms with Gasteiger partial charge < -0.3 is 10.8 Å². The van der Waals surface area contributed by atoms with Gasteiger partial charge in [0.05, 0.1) is 15.6 Å². The number of fused-ring (bicyclic) bond motifs is 1. The van der Waals surface area contributed by atoms with E-state index in [1.165, 1.54) is 12.1 Å². The van der Waals surface area contributed by atoms with Gasteiger partial charge in [0.2, 0.25) is 20.0 Å². The van der Waals surface area contributed by atoms with E-state index < -0.39 is 30.5 Å². The Hall–Kier alpha value is -1.73. The van der Waals surface area contributed by atoms with Crippen molar-refractivity contribution in [2.24, 2.45) is 21.0 Å². The number of hydrogen-bond donors (Lipinski definition) is 4. The molecule has 0 saturated carbocycles. The van der Waals surface area contributed by atoms with Crippen LogP contribution in [0.25, 0.3) is 0 Å². The van der Waals surface area contributed by atoms with Gasteiger partial charge in [-0.1, -0.05) is 23.2 Å². The van der Waals surface area contributed by atoms with Gasteiger partial charge in [0, 0.05) is 16.1 Å². The van der Waals surface area contributed by atoms with Crippen LogP contribution in [-0.2, 0) is 25.6 Å². The number of halogens is 2. The van der Waals surface area contributed by atoms with E-state index in [9.17, 15) is 21.9 Å². The number of amidine groups is 1. The van der Waals surface area contributed by atoms with Gasteiger partial charge in [-0.3, -0.25) is 0 Å². The highest BCUT2D eigenvalue weighted by Gasteiger charge is 2.45. The third kappa shape index (κ3) is 3.21. The van der Waals surface area contributed by atoms with Crippen molar-refractivity contribution in [3.05, 3.63) is 51.5 Å². The summed E-state index contributed by atoms with van der Waals surface area (Å²) < 4.78 is 46.8. The molecule has 27 heavy (non-hydrogen) atoms. The summed E-state index contributed by atoms with van der Waals surface area (Å²) in [6, 6.07) is 5.55. The molecule has 2 aromatic carbocycles. The molecule has 0 saturated heterocycles. The first-order valence-corrected chi connectivity index (χ1v) is 10.9. The summed E-state index contributed by atoms with van der Waals surface area (Å²) in [6.45, 7) is 0. The molecule has 13 heteroatoms. The Balaban J connectivity index is 2.36. The van der Waals surface area contributed by atoms with Gasteiger partial charge in [0.15, 0.2) is 5.60 Å². The minimum Gasteiger partial charge on any atom is -0.384 e. The first kappa shape index (κ1) is 20.0. The average molecular weight is 451 g/mol. The molecule has 0 aliphatic carbocycles. The monoisotopic (exact) mass is 450 g/mol. The van der Waals surface area contributed by atoms with Crippen LogP contribution in [0.2, 0.25) is 10.0 Å². The van der Waals surface area contributed by atoms with Gasteiger partial charge >= 0.3 is 0 Å². The fraction of sp³-hybridized carbons (Fsp3) is 0.0714. The Kier molecular flexibility index (Phi) is 4.55. The second-order valence-corrected chi connectivity index (χ2v) is 9.64. The zero-order valence-corrected chi connectivity index (χ0v) is 16.4. The molecule has 7 N–H and O–H groups in total. The summed E-state index contributed by atoms with van der Waals surface area (Å²) in [4.78, 5) is 3.18. The Labute approximate surface area is 164 Å². The van der Waals surface area contributed by atoms with Crippen LogP contribution >= 0.6 is 23.2 Å². The summed E-state index contributed by atoms with van der Waals surface area (Å²) in [5, 5.41) is 21.3. The minimum absolute atomic E-state index is 0.0528. The van der Waals surface area contributed by atoms with Crippen molar-refractivity contribution in [2.45, 2.75) is 15.4 Å². The van der Waals surface area contributed by atoms with E-state index in [1.807, 2.05) is 0 Å². The van der Waals surface area contributed by atoms with Gasteiger partial charge in [-0.15, -0.1) is 0 Å². The number of sulfonamides is 2. The van der Waals surface area contributed by atoms with Crippen LogP contribution in [0.5, 0.6) is 0 Å². The maximum absolute atomic E-state index is 11.8. The average Bonchev–Trinajstić information content (AvgIpc) is 2.76. The van der Waals surface area contributed by atoms with Crippen LogP contribution in [0, 0.1) is 0 Å². The van der Waals surface area contributed by atoms with Crippen molar-refractivity contribution in [2.75, 3.05) is 0 Å². The molecule has 0 amide bonds. The van der Waals surface area contributed by atoms with Crippen LogP contribution < -0.4 is 16.0 Å². The Bertz CT molecular complexity index is 1230. The van der Waals surface area contributed by atoms with Gasteiger partial charge in [-0.25, -0.2) is 32.1 Å². The highest BCUT2D eigenvalue weighted by Crippen LogP contribution is 2.46. The van der Waals surface area contributed by atoms with Crippen LogP contribution in [0.15, 0.2) is 45.1 Å². The predicted octanol–water partition coefficient (Wildman–Crippen LogP) is 0.526. The van der Waals surface area contributed by atoms with Crippen LogP contribution in [-0.4, -0.2) is 27.8 Å². The third-order valence-corrected chi connectivity index (χ3v) is 6.63. The van der Waals surface area contributed by atoms with Crippen molar-refractivity contribution in [1.82, 2.24) is 0 Å². The SMILES string of the molecule is NC1=Nc2cc(Cl)c(S(N)(=O)=O)cc2C1(O)c1cc(S(N)(=O)=O)ccc1Cl. The Morgan fingerprint density at radius 3 is 2.11 bits per heavy atom. The number of aliphatic hydroxyl groups is 1. The summed E-state index contributed by atoms with van der Waals surface area (Å²) in [5.74, 6) is -0.367. The topological polar surface area (TPSA) is 179 Å². The molecule has 1 aliphatic heterocycles. The maximum Gasteiger partial charge on any atom is 0.239 e. The van der Waals surface area contributed by atoms with Crippen molar-refractivity contribution in [3.63, 3.8) is 0 Å². The summed E-state index contributed by atoms with van der Waals surface area (Å²) in [5.41, 5.74) is 3.48. The molecule has 1 aliphatic rings. The molecule has 1 unspecified atom stereocenters. The second kappa shape index (κ2) is 6.14. The lowest BCUT2D eigenvalue weighted by molar-refractivity contribution is 0.158. The van der Waals surface area contributed by atoms with E-state index in [0.29, 0.717) is 0 Å². The molecular weight excluding hydrogens is 439 g/mol. The van der Waals surface area contributed by atoms with E-state index in [4.69, 9.17) is 39.2 Å². The zero-order valence-electron chi connectivity index (χ0n) is 13.2. The number of hydrogen-bond acceptors (Lipinski definition) is 7. The van der Waals surface area contributed by atoms with Crippen molar-refractivity contribution in [3.8, 4) is 0 Å². The van der Waals surface area contributed by atoms with E-state index in [2.05, 4.69) is 4.99 Å². The quantitative estimate of drug-likeness (QED) is 0.528. The van der Waals surface area contributed by atoms with Gasteiger partial charge in [-0.2, -0.15) is 0 Å². The highest BCUT2D eigenvalue weighted by molar-refractivity contribution is 7.89. The number of primary sulfonamides is 2. The molecule has 3 rings (SSSR count). The minimum atomic E-state index is -4.23. The number of nitrogens with two attached hydrogens (primary N) is 3.